The van der Waals surface area contributed by atoms with Crippen LogP contribution in [0.5, 0.6) is 0 Å². The Hall–Kier alpha value is -2.82. The number of amides is 4. The number of nitrogens with zero attached hydrogens (tertiary/aromatic N) is 3. The average molecular weight is 458 g/mol. The molecule has 2 saturated heterocycles. The first-order valence-corrected chi connectivity index (χ1v) is 11.5. The molecule has 33 heavy (non-hydrogen) atoms. The lowest BCUT2D eigenvalue weighted by Crippen LogP contribution is -2.54. The van der Waals surface area contributed by atoms with E-state index in [4.69, 9.17) is 10.5 Å². The molecule has 1 aromatic carbocycles. The average Bonchev–Trinajstić information content (AvgIpc) is 3.07. The number of carbonyl (C=O) groups is 4. The molecule has 1 atom stereocenters. The third-order valence-electron chi connectivity index (χ3n) is 6.63. The second-order valence-electron chi connectivity index (χ2n) is 8.77. The van der Waals surface area contributed by atoms with E-state index in [-0.39, 0.29) is 29.9 Å². The normalized spacial score (nSPS) is 22.3. The number of imide groups is 2. The number of nitrogens with one attached hydrogen (secondary N) is 1. The van der Waals surface area contributed by atoms with Gasteiger partial charge in [-0.05, 0) is 44.5 Å². The van der Waals surface area contributed by atoms with Gasteiger partial charge in [-0.15, -0.1) is 0 Å². The van der Waals surface area contributed by atoms with Crippen LogP contribution in [0, 0.1) is 0 Å². The lowest BCUT2D eigenvalue weighted by atomic mass is 10.0. The Morgan fingerprint density at radius 1 is 1.06 bits per heavy atom. The zero-order chi connectivity index (χ0) is 23.5. The predicted octanol–water partition coefficient (Wildman–Crippen LogP) is 0.282. The van der Waals surface area contributed by atoms with Crippen LogP contribution in [-0.2, 0) is 14.3 Å². The lowest BCUT2D eigenvalue weighted by molar-refractivity contribution is -0.149. The van der Waals surface area contributed by atoms with Gasteiger partial charge in [0.15, 0.2) is 0 Å². The summed E-state index contributed by atoms with van der Waals surface area (Å²) in [6, 6.07) is 4.38. The smallest absolute Gasteiger partial charge is 0.264 e. The molecule has 10 heteroatoms. The van der Waals surface area contributed by atoms with E-state index >= 15 is 0 Å². The molecule has 10 nitrogen and oxygen atoms in total. The van der Waals surface area contributed by atoms with Gasteiger partial charge in [-0.1, -0.05) is 6.07 Å². The summed E-state index contributed by atoms with van der Waals surface area (Å²) in [5, 5.41) is 3.19. The number of rotatable bonds is 8. The van der Waals surface area contributed by atoms with Crippen LogP contribution in [0.2, 0.25) is 0 Å². The van der Waals surface area contributed by atoms with Crippen molar-refractivity contribution in [3.05, 3.63) is 29.3 Å². The molecule has 3 heterocycles. The fraction of sp³-hybridized carbons (Fsp3) is 0.565. The van der Waals surface area contributed by atoms with Gasteiger partial charge >= 0.3 is 0 Å². The van der Waals surface area contributed by atoms with Gasteiger partial charge in [0.1, 0.15) is 6.04 Å². The van der Waals surface area contributed by atoms with E-state index in [1.807, 2.05) is 0 Å². The number of piperidine rings is 2. The van der Waals surface area contributed by atoms with Crippen molar-refractivity contribution in [2.24, 2.45) is 5.73 Å². The molecule has 3 aliphatic heterocycles. The number of hydrogen-bond acceptors (Lipinski definition) is 8. The molecule has 3 aliphatic rings. The summed E-state index contributed by atoms with van der Waals surface area (Å²) < 4.78 is 5.72. The molecule has 0 spiro atoms. The molecule has 1 unspecified atom stereocenters. The van der Waals surface area contributed by atoms with E-state index in [9.17, 15) is 19.2 Å². The summed E-state index contributed by atoms with van der Waals surface area (Å²) >= 11 is 0. The topological polar surface area (TPSA) is 125 Å². The van der Waals surface area contributed by atoms with Crippen molar-refractivity contribution in [3.63, 3.8) is 0 Å². The Labute approximate surface area is 193 Å². The summed E-state index contributed by atoms with van der Waals surface area (Å²) in [6.07, 6.45) is 2.30. The first-order chi connectivity index (χ1) is 15.9. The summed E-state index contributed by atoms with van der Waals surface area (Å²) in [5.41, 5.74) is 6.99. The maximum Gasteiger partial charge on any atom is 0.264 e. The minimum Gasteiger partial charge on any atom is -0.382 e. The van der Waals surface area contributed by atoms with Crippen molar-refractivity contribution in [1.29, 1.82) is 0 Å². The van der Waals surface area contributed by atoms with E-state index < -0.39 is 23.8 Å². The lowest BCUT2D eigenvalue weighted by Gasteiger charge is -2.32. The molecule has 0 aromatic heterocycles. The number of hydrogen-bond donors (Lipinski definition) is 2. The highest BCUT2D eigenvalue weighted by Gasteiger charge is 2.47. The monoisotopic (exact) mass is 457 g/mol. The summed E-state index contributed by atoms with van der Waals surface area (Å²) in [5.74, 6) is -1.85. The number of carbonyl (C=O) groups excluding carboxylic acids is 4. The number of anilines is 1. The first-order valence-electron chi connectivity index (χ1n) is 11.5. The van der Waals surface area contributed by atoms with Gasteiger partial charge in [0.2, 0.25) is 5.91 Å². The largest absolute Gasteiger partial charge is 0.382 e. The van der Waals surface area contributed by atoms with Crippen LogP contribution < -0.4 is 11.1 Å². The Morgan fingerprint density at radius 3 is 2.58 bits per heavy atom. The zero-order valence-corrected chi connectivity index (χ0v) is 18.9. The maximum atomic E-state index is 13.2. The molecule has 4 amide bonds. The summed E-state index contributed by atoms with van der Waals surface area (Å²) in [6.45, 7) is 4.41. The van der Waals surface area contributed by atoms with Crippen molar-refractivity contribution in [3.8, 4) is 0 Å². The van der Waals surface area contributed by atoms with Gasteiger partial charge in [-0.25, -0.2) is 0 Å². The first kappa shape index (κ1) is 23.3. The Balaban J connectivity index is 1.32. The van der Waals surface area contributed by atoms with Gasteiger partial charge in [0.05, 0.1) is 24.3 Å². The van der Waals surface area contributed by atoms with Crippen LogP contribution >= 0.6 is 0 Å². The number of fused-ring (bicyclic) bond motifs is 1. The second-order valence-corrected chi connectivity index (χ2v) is 8.77. The van der Waals surface area contributed by atoms with Crippen LogP contribution in [0.1, 0.15) is 46.4 Å². The standard InChI is InChI=1S/C23H31N5O5/c1-26-19(29)6-5-18(22(26)31)28-21(30)16-3-2-4-17(20(16)23(28)32)25-9-13-33-14-12-27-10-7-15(24)8-11-27/h2-4,15,18,25H,5-14,24H2,1H3. The molecule has 0 bridgehead atoms. The number of likely N-dealkylation sites (N-methyl/N-ethyl adjacent to an activating group) is 1. The van der Waals surface area contributed by atoms with Crippen molar-refractivity contribution in [1.82, 2.24) is 14.7 Å². The summed E-state index contributed by atoms with van der Waals surface area (Å²) in [7, 11) is 1.38. The van der Waals surface area contributed by atoms with E-state index in [0.717, 1.165) is 42.3 Å². The minimum atomic E-state index is -0.958. The van der Waals surface area contributed by atoms with Crippen molar-refractivity contribution < 1.29 is 23.9 Å². The Morgan fingerprint density at radius 2 is 1.82 bits per heavy atom. The van der Waals surface area contributed by atoms with Crippen molar-refractivity contribution in [2.45, 2.75) is 37.8 Å². The van der Waals surface area contributed by atoms with Gasteiger partial charge < -0.3 is 20.7 Å². The number of ether oxygens (including phenoxy) is 1. The molecule has 2 fully saturated rings. The molecule has 1 aromatic rings. The molecular formula is C23H31N5O5. The molecule has 3 N–H and O–H groups in total. The molecule has 0 aliphatic carbocycles. The predicted molar refractivity (Wildman–Crippen MR) is 121 cm³/mol. The van der Waals surface area contributed by atoms with E-state index in [2.05, 4.69) is 10.2 Å². The van der Waals surface area contributed by atoms with Crippen LogP contribution in [0.15, 0.2) is 18.2 Å². The Bertz CT molecular complexity index is 943. The molecule has 178 valence electrons. The minimum absolute atomic E-state index is 0.118. The van der Waals surface area contributed by atoms with Gasteiger partial charge in [-0.2, -0.15) is 0 Å². The third kappa shape index (κ3) is 4.78. The highest BCUT2D eigenvalue weighted by atomic mass is 16.5. The quantitative estimate of drug-likeness (QED) is 0.421. The van der Waals surface area contributed by atoms with Crippen LogP contribution in [-0.4, -0.2) is 96.9 Å². The fourth-order valence-corrected chi connectivity index (χ4v) is 4.60. The number of likely N-dealkylation sites (tertiary alicyclic amines) is 2. The van der Waals surface area contributed by atoms with Gasteiger partial charge in [0.25, 0.3) is 17.7 Å². The second kappa shape index (κ2) is 9.98. The van der Waals surface area contributed by atoms with Crippen molar-refractivity contribution >= 4 is 29.3 Å². The van der Waals surface area contributed by atoms with E-state index in [0.29, 0.717) is 31.5 Å². The summed E-state index contributed by atoms with van der Waals surface area (Å²) in [4.78, 5) is 54.8. The van der Waals surface area contributed by atoms with Crippen LogP contribution in [0.3, 0.4) is 0 Å². The fourth-order valence-electron chi connectivity index (χ4n) is 4.60. The number of benzene rings is 1. The third-order valence-corrected chi connectivity index (χ3v) is 6.63. The van der Waals surface area contributed by atoms with E-state index in [1.54, 1.807) is 18.2 Å². The van der Waals surface area contributed by atoms with Crippen molar-refractivity contribution in [2.75, 3.05) is 51.8 Å². The highest BCUT2D eigenvalue weighted by molar-refractivity contribution is 6.25. The number of nitrogens with two attached hydrogens (primary N) is 1. The zero-order valence-electron chi connectivity index (χ0n) is 18.9. The molecule has 0 saturated carbocycles. The van der Waals surface area contributed by atoms with Crippen LogP contribution in [0.25, 0.3) is 0 Å². The molecule has 0 radical (unpaired) electrons. The molecule has 4 rings (SSSR count). The highest BCUT2D eigenvalue weighted by Crippen LogP contribution is 2.33. The molecular weight excluding hydrogens is 426 g/mol. The Kier molecular flexibility index (Phi) is 7.06. The van der Waals surface area contributed by atoms with E-state index in [1.165, 1.54) is 7.05 Å². The van der Waals surface area contributed by atoms with Gasteiger partial charge in [0, 0.05) is 38.3 Å². The van der Waals surface area contributed by atoms with Gasteiger partial charge in [-0.3, -0.25) is 29.0 Å². The SMILES string of the molecule is CN1C(=O)CCC(N2C(=O)c3cccc(NCCOCCN4CCC(N)CC4)c3C2=O)C1=O. The maximum absolute atomic E-state index is 13.2. The van der Waals surface area contributed by atoms with Crippen LogP contribution in [0.4, 0.5) is 5.69 Å².